The third-order valence-electron chi connectivity index (χ3n) is 2.64. The summed E-state index contributed by atoms with van der Waals surface area (Å²) in [4.78, 5) is 18.2. The van der Waals surface area contributed by atoms with Crippen molar-refractivity contribution in [3.8, 4) is 11.5 Å². The van der Waals surface area contributed by atoms with Gasteiger partial charge >= 0.3 is 11.9 Å². The minimum absolute atomic E-state index is 0.143. The number of aliphatic carboxylic acids is 2. The lowest BCUT2D eigenvalue weighted by Crippen LogP contribution is -2.24. The predicted molar refractivity (Wildman–Crippen MR) is 87.6 cm³/mol. The largest absolute Gasteiger partial charge is 0.497 e. The maximum absolute atomic E-state index is 9.10. The highest BCUT2D eigenvalue weighted by Gasteiger charge is 2.05. The Morgan fingerprint density at radius 1 is 1.25 bits per heavy atom. The Kier molecular flexibility index (Phi) is 11.5. The van der Waals surface area contributed by atoms with Crippen LogP contribution in [0.25, 0.3) is 0 Å². The normalized spacial score (nSPS) is 9.42. The number of nitrogens with one attached hydrogen (secondary N) is 1. The number of carboxylic acids is 2. The van der Waals surface area contributed by atoms with Crippen LogP contribution in [0.4, 0.5) is 0 Å². The summed E-state index contributed by atoms with van der Waals surface area (Å²) in [6, 6.07) is 5.74. The van der Waals surface area contributed by atoms with Crippen molar-refractivity contribution in [3.05, 3.63) is 36.4 Å². The van der Waals surface area contributed by atoms with Gasteiger partial charge in [0.25, 0.3) is 0 Å². The van der Waals surface area contributed by atoms with Crippen molar-refractivity contribution in [1.82, 2.24) is 5.32 Å². The number of ether oxygens (including phenoxy) is 2. The zero-order valence-electron chi connectivity index (χ0n) is 13.5. The van der Waals surface area contributed by atoms with Crippen LogP contribution < -0.4 is 14.8 Å². The number of hydrogen-bond donors (Lipinski definition) is 4. The van der Waals surface area contributed by atoms with Crippen LogP contribution in [0.5, 0.6) is 11.5 Å². The van der Waals surface area contributed by atoms with E-state index in [9.17, 15) is 0 Å². The van der Waals surface area contributed by atoms with E-state index in [1.165, 1.54) is 0 Å². The van der Waals surface area contributed by atoms with E-state index in [1.807, 2.05) is 24.3 Å². The molecular formula is C16H23NO7. The van der Waals surface area contributed by atoms with Crippen molar-refractivity contribution in [2.24, 2.45) is 0 Å². The van der Waals surface area contributed by atoms with Crippen molar-refractivity contribution in [2.45, 2.75) is 6.42 Å². The van der Waals surface area contributed by atoms with Gasteiger partial charge in [-0.15, -0.1) is 6.58 Å². The topological polar surface area (TPSA) is 125 Å². The number of carboxylic acid groups (broad SMARTS) is 2. The van der Waals surface area contributed by atoms with Crippen molar-refractivity contribution >= 4 is 11.9 Å². The van der Waals surface area contributed by atoms with Crippen molar-refractivity contribution in [3.63, 3.8) is 0 Å². The van der Waals surface area contributed by atoms with Gasteiger partial charge in [0.15, 0.2) is 0 Å². The lowest BCUT2D eigenvalue weighted by atomic mass is 10.1. The molecule has 0 heterocycles. The Morgan fingerprint density at radius 2 is 1.92 bits per heavy atom. The fourth-order valence-electron chi connectivity index (χ4n) is 1.58. The molecule has 1 aromatic carbocycles. The average molecular weight is 341 g/mol. The van der Waals surface area contributed by atoms with Gasteiger partial charge in [-0.2, -0.15) is 0 Å². The van der Waals surface area contributed by atoms with Crippen molar-refractivity contribution in [2.75, 3.05) is 33.4 Å². The van der Waals surface area contributed by atoms with E-state index in [1.54, 1.807) is 7.11 Å². The van der Waals surface area contributed by atoms with Crippen molar-refractivity contribution < 1.29 is 34.4 Å². The number of allylic oxidation sites excluding steroid dienone is 1. The summed E-state index contributed by atoms with van der Waals surface area (Å²) in [5.41, 5.74) is 1.06. The summed E-state index contributed by atoms with van der Waals surface area (Å²) >= 11 is 0. The average Bonchev–Trinajstić information content (AvgIpc) is 2.56. The number of benzene rings is 1. The number of hydrogen-bond acceptors (Lipinski definition) is 6. The standard InChI is InChI=1S/C14H21NO3.C2H2O4/c1-3-4-12-11-13(17-2)5-6-14(12)18-10-8-15-7-9-16;3-1(4)2(5)6/h3,5-6,11,15-16H,1,4,7-10H2,2H3;(H,3,4)(H,5,6). The molecule has 0 fully saturated rings. The molecule has 0 saturated heterocycles. The lowest BCUT2D eigenvalue weighted by Gasteiger charge is -2.12. The fourth-order valence-corrected chi connectivity index (χ4v) is 1.58. The Hall–Kier alpha value is -2.58. The van der Waals surface area contributed by atoms with Gasteiger partial charge in [-0.25, -0.2) is 9.59 Å². The van der Waals surface area contributed by atoms with Gasteiger partial charge < -0.3 is 30.1 Å². The summed E-state index contributed by atoms with van der Waals surface area (Å²) in [7, 11) is 1.65. The summed E-state index contributed by atoms with van der Waals surface area (Å²) < 4.78 is 10.9. The van der Waals surface area contributed by atoms with Crippen LogP contribution in [-0.4, -0.2) is 60.7 Å². The molecule has 0 amide bonds. The molecule has 8 nitrogen and oxygen atoms in total. The Labute approximate surface area is 140 Å². The van der Waals surface area contributed by atoms with Crippen LogP contribution in [0.1, 0.15) is 5.56 Å². The van der Waals surface area contributed by atoms with E-state index < -0.39 is 11.9 Å². The fraction of sp³-hybridized carbons (Fsp3) is 0.375. The molecule has 0 bridgehead atoms. The Bertz CT molecular complexity index is 519. The molecule has 0 saturated carbocycles. The molecule has 0 atom stereocenters. The number of rotatable bonds is 9. The monoisotopic (exact) mass is 341 g/mol. The molecule has 24 heavy (non-hydrogen) atoms. The second kappa shape index (κ2) is 12.9. The first-order chi connectivity index (χ1) is 11.5. The molecule has 0 spiro atoms. The second-order valence-electron chi connectivity index (χ2n) is 4.40. The molecular weight excluding hydrogens is 318 g/mol. The van der Waals surface area contributed by atoms with E-state index in [-0.39, 0.29) is 6.61 Å². The minimum atomic E-state index is -1.82. The first-order valence-corrected chi connectivity index (χ1v) is 7.14. The molecule has 0 aliphatic heterocycles. The van der Waals surface area contributed by atoms with Gasteiger partial charge in [0.05, 0.1) is 13.7 Å². The van der Waals surface area contributed by atoms with Crippen LogP contribution in [0.2, 0.25) is 0 Å². The van der Waals surface area contributed by atoms with Gasteiger partial charge in [0.1, 0.15) is 18.1 Å². The summed E-state index contributed by atoms with van der Waals surface area (Å²) in [5, 5.41) is 26.5. The molecule has 1 aromatic rings. The third-order valence-corrected chi connectivity index (χ3v) is 2.64. The third kappa shape index (κ3) is 9.44. The first-order valence-electron chi connectivity index (χ1n) is 7.14. The predicted octanol–water partition coefficient (Wildman–Crippen LogP) is 0.540. The maximum atomic E-state index is 9.10. The molecule has 0 radical (unpaired) electrons. The number of aliphatic hydroxyl groups excluding tert-OH is 1. The summed E-state index contributed by atoms with van der Waals surface area (Å²) in [5.74, 6) is -1.98. The van der Waals surface area contributed by atoms with Gasteiger partial charge in [-0.05, 0) is 24.6 Å². The van der Waals surface area contributed by atoms with Crippen LogP contribution in [0.3, 0.4) is 0 Å². The minimum Gasteiger partial charge on any atom is -0.497 e. The summed E-state index contributed by atoms with van der Waals surface area (Å²) in [6.45, 7) is 5.74. The smallest absolute Gasteiger partial charge is 0.414 e. The molecule has 0 aliphatic rings. The number of aliphatic hydroxyl groups is 1. The lowest BCUT2D eigenvalue weighted by molar-refractivity contribution is -0.159. The van der Waals surface area contributed by atoms with E-state index >= 15 is 0 Å². The van der Waals surface area contributed by atoms with Crippen LogP contribution >= 0.6 is 0 Å². The van der Waals surface area contributed by atoms with E-state index in [2.05, 4.69) is 11.9 Å². The number of carbonyl (C=O) groups is 2. The Balaban J connectivity index is 0.000000754. The molecule has 4 N–H and O–H groups in total. The zero-order valence-corrected chi connectivity index (χ0v) is 13.5. The van der Waals surface area contributed by atoms with E-state index in [0.29, 0.717) is 19.7 Å². The summed E-state index contributed by atoms with van der Waals surface area (Å²) in [6.07, 6.45) is 2.59. The molecule has 8 heteroatoms. The molecule has 0 aromatic heterocycles. The van der Waals surface area contributed by atoms with Gasteiger partial charge in [0.2, 0.25) is 0 Å². The quantitative estimate of drug-likeness (QED) is 0.291. The van der Waals surface area contributed by atoms with Crippen LogP contribution in [0.15, 0.2) is 30.9 Å². The maximum Gasteiger partial charge on any atom is 0.414 e. The number of methoxy groups -OCH3 is 1. The molecule has 1 rings (SSSR count). The Morgan fingerprint density at radius 3 is 2.42 bits per heavy atom. The van der Waals surface area contributed by atoms with E-state index in [4.69, 9.17) is 34.4 Å². The SMILES string of the molecule is C=CCc1cc(OC)ccc1OCCNCCO.O=C(O)C(=O)O. The van der Waals surface area contributed by atoms with Crippen LogP contribution in [-0.2, 0) is 16.0 Å². The highest BCUT2D eigenvalue weighted by Crippen LogP contribution is 2.24. The van der Waals surface area contributed by atoms with Gasteiger partial charge in [-0.3, -0.25) is 0 Å². The first kappa shape index (κ1) is 21.4. The highest BCUT2D eigenvalue weighted by molar-refractivity contribution is 6.27. The molecule has 0 aliphatic carbocycles. The van der Waals surface area contributed by atoms with Crippen LogP contribution in [0, 0.1) is 0 Å². The second-order valence-corrected chi connectivity index (χ2v) is 4.40. The van der Waals surface area contributed by atoms with E-state index in [0.717, 1.165) is 23.5 Å². The highest BCUT2D eigenvalue weighted by atomic mass is 16.5. The zero-order chi connectivity index (χ0) is 18.4. The van der Waals surface area contributed by atoms with Crippen molar-refractivity contribution in [1.29, 1.82) is 0 Å². The van der Waals surface area contributed by atoms with Gasteiger partial charge in [0, 0.05) is 18.7 Å². The molecule has 134 valence electrons. The molecule has 0 unspecified atom stereocenters. The van der Waals surface area contributed by atoms with Gasteiger partial charge in [-0.1, -0.05) is 6.08 Å².